The molecule has 3 heteroatoms. The number of hydrogen-bond donors (Lipinski definition) is 2. The van der Waals surface area contributed by atoms with Crippen molar-refractivity contribution >= 4 is 5.78 Å². The summed E-state index contributed by atoms with van der Waals surface area (Å²) in [5.74, 6) is 0.457. The highest BCUT2D eigenvalue weighted by Gasteiger charge is 2.28. The number of hydrazine groups is 1. The van der Waals surface area contributed by atoms with Gasteiger partial charge in [-0.15, -0.1) is 0 Å². The van der Waals surface area contributed by atoms with E-state index in [4.69, 9.17) is 0 Å². The minimum absolute atomic E-state index is 0.0370. The van der Waals surface area contributed by atoms with E-state index < -0.39 is 0 Å². The zero-order chi connectivity index (χ0) is 9.14. The van der Waals surface area contributed by atoms with Crippen molar-refractivity contribution in [3.8, 4) is 0 Å². The average molecular weight is 170 g/mol. The molecule has 3 nitrogen and oxygen atoms in total. The first kappa shape index (κ1) is 9.68. The molecule has 1 rings (SSSR count). The first-order valence-corrected chi connectivity index (χ1v) is 4.70. The van der Waals surface area contributed by atoms with E-state index in [0.717, 1.165) is 12.8 Å². The Bertz CT molecular complexity index is 168. The van der Waals surface area contributed by atoms with Crippen molar-refractivity contribution in [3.63, 3.8) is 0 Å². The summed E-state index contributed by atoms with van der Waals surface area (Å²) in [7, 11) is 0. The first-order valence-electron chi connectivity index (χ1n) is 4.70. The Balaban J connectivity index is 2.41. The molecule has 1 aliphatic rings. The molecule has 0 saturated carbocycles. The van der Waals surface area contributed by atoms with E-state index in [1.54, 1.807) is 0 Å². The highest BCUT2D eigenvalue weighted by atomic mass is 16.1. The summed E-state index contributed by atoms with van der Waals surface area (Å²) < 4.78 is 0. The van der Waals surface area contributed by atoms with Crippen LogP contribution in [0.2, 0.25) is 0 Å². The SMILES string of the molecule is CCC1CC(C(=O)C(C)C)NN1. The van der Waals surface area contributed by atoms with Crippen LogP contribution in [0.1, 0.15) is 33.6 Å². The summed E-state index contributed by atoms with van der Waals surface area (Å²) in [5, 5.41) is 0. The number of Topliss-reactive ketones (excluding diaryl/α,β-unsaturated/α-hetero) is 1. The third-order valence-corrected chi connectivity index (χ3v) is 2.39. The highest BCUT2D eigenvalue weighted by Crippen LogP contribution is 2.12. The molecule has 1 fully saturated rings. The molecule has 0 aromatic heterocycles. The van der Waals surface area contributed by atoms with E-state index in [1.807, 2.05) is 13.8 Å². The molecule has 12 heavy (non-hydrogen) atoms. The molecule has 70 valence electrons. The Hall–Kier alpha value is -0.410. The van der Waals surface area contributed by atoms with Crippen LogP contribution in [0.3, 0.4) is 0 Å². The fourth-order valence-corrected chi connectivity index (χ4v) is 1.48. The normalized spacial score (nSPS) is 29.7. The lowest BCUT2D eigenvalue weighted by atomic mass is 9.98. The van der Waals surface area contributed by atoms with E-state index >= 15 is 0 Å². The number of hydrogen-bond acceptors (Lipinski definition) is 3. The lowest BCUT2D eigenvalue weighted by Gasteiger charge is -2.10. The van der Waals surface area contributed by atoms with Gasteiger partial charge in [0.25, 0.3) is 0 Å². The van der Waals surface area contributed by atoms with Crippen molar-refractivity contribution < 1.29 is 4.79 Å². The maximum absolute atomic E-state index is 11.5. The fourth-order valence-electron chi connectivity index (χ4n) is 1.48. The van der Waals surface area contributed by atoms with Crippen LogP contribution in [0.25, 0.3) is 0 Å². The maximum Gasteiger partial charge on any atom is 0.153 e. The minimum Gasteiger partial charge on any atom is -0.298 e. The molecular weight excluding hydrogens is 152 g/mol. The zero-order valence-corrected chi connectivity index (χ0v) is 8.05. The number of ketones is 1. The van der Waals surface area contributed by atoms with Crippen LogP contribution in [-0.2, 0) is 4.79 Å². The summed E-state index contributed by atoms with van der Waals surface area (Å²) in [5.41, 5.74) is 6.16. The average Bonchev–Trinajstić information content (AvgIpc) is 2.50. The van der Waals surface area contributed by atoms with Crippen LogP contribution in [0.15, 0.2) is 0 Å². The van der Waals surface area contributed by atoms with Gasteiger partial charge in [0.2, 0.25) is 0 Å². The van der Waals surface area contributed by atoms with Crippen molar-refractivity contribution in [1.29, 1.82) is 0 Å². The summed E-state index contributed by atoms with van der Waals surface area (Å²) in [6.07, 6.45) is 2.02. The van der Waals surface area contributed by atoms with E-state index in [1.165, 1.54) is 0 Å². The Kier molecular flexibility index (Phi) is 3.23. The van der Waals surface area contributed by atoms with Crippen LogP contribution >= 0.6 is 0 Å². The van der Waals surface area contributed by atoms with Crippen LogP contribution in [-0.4, -0.2) is 17.9 Å². The number of carbonyl (C=O) groups excluding carboxylic acids is 1. The van der Waals surface area contributed by atoms with Gasteiger partial charge in [0.15, 0.2) is 5.78 Å². The minimum atomic E-state index is 0.0370. The molecule has 0 radical (unpaired) electrons. The Morgan fingerprint density at radius 1 is 1.50 bits per heavy atom. The summed E-state index contributed by atoms with van der Waals surface area (Å²) in [6.45, 7) is 6.02. The molecule has 2 unspecified atom stereocenters. The molecule has 2 N–H and O–H groups in total. The third kappa shape index (κ3) is 2.05. The Morgan fingerprint density at radius 3 is 2.58 bits per heavy atom. The van der Waals surface area contributed by atoms with E-state index in [0.29, 0.717) is 11.8 Å². The van der Waals surface area contributed by atoms with Gasteiger partial charge in [-0.1, -0.05) is 20.8 Å². The number of rotatable bonds is 3. The first-order chi connectivity index (χ1) is 5.65. The van der Waals surface area contributed by atoms with Gasteiger partial charge in [-0.2, -0.15) is 0 Å². The third-order valence-electron chi connectivity index (χ3n) is 2.39. The summed E-state index contributed by atoms with van der Waals surface area (Å²) >= 11 is 0. The molecule has 0 amide bonds. The number of carbonyl (C=O) groups is 1. The van der Waals surface area contributed by atoms with Gasteiger partial charge in [-0.05, 0) is 12.8 Å². The fraction of sp³-hybridized carbons (Fsp3) is 0.889. The highest BCUT2D eigenvalue weighted by molar-refractivity contribution is 5.85. The molecule has 1 aliphatic heterocycles. The molecule has 0 aromatic carbocycles. The standard InChI is InChI=1S/C9H18N2O/c1-4-7-5-8(11-10-7)9(12)6(2)3/h6-8,10-11H,4-5H2,1-3H3. The molecule has 2 atom stereocenters. The van der Waals surface area contributed by atoms with Gasteiger partial charge in [0, 0.05) is 12.0 Å². The summed E-state index contributed by atoms with van der Waals surface area (Å²) in [4.78, 5) is 11.5. The molecule has 0 spiro atoms. The van der Waals surface area contributed by atoms with Crippen molar-refractivity contribution in [1.82, 2.24) is 10.9 Å². The Morgan fingerprint density at radius 2 is 2.17 bits per heavy atom. The van der Waals surface area contributed by atoms with Crippen LogP contribution in [0.5, 0.6) is 0 Å². The van der Waals surface area contributed by atoms with E-state index in [-0.39, 0.29) is 12.0 Å². The van der Waals surface area contributed by atoms with Gasteiger partial charge in [0.1, 0.15) is 0 Å². The van der Waals surface area contributed by atoms with Crippen LogP contribution in [0.4, 0.5) is 0 Å². The predicted octanol–water partition coefficient (Wildman–Crippen LogP) is 0.857. The van der Waals surface area contributed by atoms with E-state index in [9.17, 15) is 4.79 Å². The molecule has 1 heterocycles. The van der Waals surface area contributed by atoms with Gasteiger partial charge in [-0.3, -0.25) is 10.2 Å². The van der Waals surface area contributed by atoms with Gasteiger partial charge < -0.3 is 0 Å². The van der Waals surface area contributed by atoms with Crippen molar-refractivity contribution in [3.05, 3.63) is 0 Å². The lowest BCUT2D eigenvalue weighted by Crippen LogP contribution is -2.38. The second kappa shape index (κ2) is 4.01. The molecular formula is C9H18N2O. The van der Waals surface area contributed by atoms with Crippen molar-refractivity contribution in [2.45, 2.75) is 45.7 Å². The molecule has 0 aromatic rings. The van der Waals surface area contributed by atoms with Gasteiger partial charge >= 0.3 is 0 Å². The smallest absolute Gasteiger partial charge is 0.153 e. The van der Waals surface area contributed by atoms with Crippen molar-refractivity contribution in [2.24, 2.45) is 5.92 Å². The second-order valence-electron chi connectivity index (χ2n) is 3.74. The van der Waals surface area contributed by atoms with E-state index in [2.05, 4.69) is 17.8 Å². The topological polar surface area (TPSA) is 41.1 Å². The largest absolute Gasteiger partial charge is 0.298 e. The molecule has 1 saturated heterocycles. The van der Waals surface area contributed by atoms with Crippen molar-refractivity contribution in [2.75, 3.05) is 0 Å². The zero-order valence-electron chi connectivity index (χ0n) is 8.05. The molecule has 0 aliphatic carbocycles. The van der Waals surface area contributed by atoms with Gasteiger partial charge in [0.05, 0.1) is 6.04 Å². The van der Waals surface area contributed by atoms with Crippen LogP contribution in [0, 0.1) is 5.92 Å². The number of nitrogens with one attached hydrogen (secondary N) is 2. The second-order valence-corrected chi connectivity index (χ2v) is 3.74. The lowest BCUT2D eigenvalue weighted by molar-refractivity contribution is -0.123. The maximum atomic E-state index is 11.5. The van der Waals surface area contributed by atoms with Crippen LogP contribution < -0.4 is 10.9 Å². The predicted molar refractivity (Wildman–Crippen MR) is 48.6 cm³/mol. The summed E-state index contributed by atoms with van der Waals surface area (Å²) in [6, 6.07) is 0.507. The monoisotopic (exact) mass is 170 g/mol. The quantitative estimate of drug-likeness (QED) is 0.660. The Labute approximate surface area is 73.9 Å². The molecule has 0 bridgehead atoms. The van der Waals surface area contributed by atoms with Gasteiger partial charge in [-0.25, -0.2) is 5.43 Å².